The van der Waals surface area contributed by atoms with E-state index in [9.17, 15) is 8.42 Å². The summed E-state index contributed by atoms with van der Waals surface area (Å²) in [5, 5.41) is 8.89. The highest BCUT2D eigenvalue weighted by molar-refractivity contribution is 7.89. The monoisotopic (exact) mass is 321 g/mol. The predicted octanol–water partition coefficient (Wildman–Crippen LogP) is 2.13. The average Bonchev–Trinajstić information content (AvgIpc) is 2.48. The molecule has 1 N–H and O–H groups in total. The van der Waals surface area contributed by atoms with Crippen LogP contribution in [0.3, 0.4) is 0 Å². The van der Waals surface area contributed by atoms with E-state index in [1.807, 2.05) is 18.2 Å². The summed E-state index contributed by atoms with van der Waals surface area (Å²) in [6, 6.07) is 9.56. The molecular weight excluding hydrogens is 310 g/mol. The van der Waals surface area contributed by atoms with Gasteiger partial charge in [-0.3, -0.25) is 4.98 Å². The first-order chi connectivity index (χ1) is 10.0. The summed E-state index contributed by atoms with van der Waals surface area (Å²) in [6.45, 7) is 0.268. The SMILES string of the molecule is N#Cc1ccc(S(=O)(=O)NCCc2ccncc2)cc1Cl. The molecule has 108 valence electrons. The molecule has 0 saturated carbocycles. The highest BCUT2D eigenvalue weighted by Gasteiger charge is 2.15. The quantitative estimate of drug-likeness (QED) is 0.914. The molecule has 0 aliphatic rings. The normalized spacial score (nSPS) is 11.0. The molecule has 0 atom stereocenters. The van der Waals surface area contributed by atoms with Gasteiger partial charge in [-0.05, 0) is 42.3 Å². The zero-order valence-corrected chi connectivity index (χ0v) is 12.5. The van der Waals surface area contributed by atoms with Gasteiger partial charge in [0, 0.05) is 18.9 Å². The van der Waals surface area contributed by atoms with Crippen molar-refractivity contribution in [1.29, 1.82) is 5.26 Å². The Hall–Kier alpha value is -1.94. The maximum Gasteiger partial charge on any atom is 0.240 e. The van der Waals surface area contributed by atoms with Crippen molar-refractivity contribution < 1.29 is 8.42 Å². The highest BCUT2D eigenvalue weighted by Crippen LogP contribution is 2.20. The lowest BCUT2D eigenvalue weighted by Crippen LogP contribution is -2.26. The molecule has 1 heterocycles. The maximum absolute atomic E-state index is 12.1. The molecule has 1 aromatic carbocycles. The number of hydrogen-bond donors (Lipinski definition) is 1. The van der Waals surface area contributed by atoms with Crippen molar-refractivity contribution in [3.63, 3.8) is 0 Å². The van der Waals surface area contributed by atoms with Gasteiger partial charge in [-0.15, -0.1) is 0 Å². The van der Waals surface area contributed by atoms with Crippen molar-refractivity contribution >= 4 is 21.6 Å². The number of pyridine rings is 1. The minimum atomic E-state index is -3.64. The van der Waals surface area contributed by atoms with Crippen LogP contribution in [0, 0.1) is 11.3 Å². The second-order valence-corrected chi connectivity index (χ2v) is 6.43. The fourth-order valence-electron chi connectivity index (χ4n) is 1.72. The van der Waals surface area contributed by atoms with Crippen molar-refractivity contribution in [1.82, 2.24) is 9.71 Å². The Morgan fingerprint density at radius 3 is 2.57 bits per heavy atom. The Balaban J connectivity index is 2.05. The highest BCUT2D eigenvalue weighted by atomic mass is 35.5. The van der Waals surface area contributed by atoms with E-state index >= 15 is 0 Å². The topological polar surface area (TPSA) is 82.8 Å². The molecule has 0 aliphatic heterocycles. The third kappa shape index (κ3) is 4.02. The molecular formula is C14H12ClN3O2S. The number of hydrogen-bond acceptors (Lipinski definition) is 4. The number of rotatable bonds is 5. The van der Waals surface area contributed by atoms with E-state index in [0.717, 1.165) is 5.56 Å². The first kappa shape index (κ1) is 15.4. The Kier molecular flexibility index (Phi) is 4.91. The molecule has 2 rings (SSSR count). The van der Waals surface area contributed by atoms with E-state index < -0.39 is 10.0 Å². The molecule has 0 amide bonds. The molecule has 21 heavy (non-hydrogen) atoms. The Morgan fingerprint density at radius 1 is 1.24 bits per heavy atom. The van der Waals surface area contributed by atoms with Crippen LogP contribution in [-0.4, -0.2) is 19.9 Å². The van der Waals surface area contributed by atoms with Gasteiger partial charge in [0.2, 0.25) is 10.0 Å². The van der Waals surface area contributed by atoms with Crippen LogP contribution >= 0.6 is 11.6 Å². The fourth-order valence-corrected chi connectivity index (χ4v) is 3.06. The van der Waals surface area contributed by atoms with Crippen molar-refractivity contribution in [2.24, 2.45) is 0 Å². The zero-order valence-electron chi connectivity index (χ0n) is 11.0. The van der Waals surface area contributed by atoms with Gasteiger partial charge in [-0.2, -0.15) is 5.26 Å². The Labute approximate surface area is 128 Å². The Bertz CT molecular complexity index is 771. The van der Waals surface area contributed by atoms with Crippen LogP contribution < -0.4 is 4.72 Å². The lowest BCUT2D eigenvalue weighted by Gasteiger charge is -2.07. The van der Waals surface area contributed by atoms with Gasteiger partial charge in [-0.25, -0.2) is 13.1 Å². The van der Waals surface area contributed by atoms with Crippen LogP contribution in [0.4, 0.5) is 0 Å². The number of halogens is 1. The molecule has 0 fully saturated rings. The van der Waals surface area contributed by atoms with Crippen LogP contribution in [0.25, 0.3) is 0 Å². The molecule has 5 nitrogen and oxygen atoms in total. The van der Waals surface area contributed by atoms with E-state index in [0.29, 0.717) is 6.42 Å². The summed E-state index contributed by atoms with van der Waals surface area (Å²) < 4.78 is 26.7. The first-order valence-electron chi connectivity index (χ1n) is 6.11. The largest absolute Gasteiger partial charge is 0.265 e. The third-order valence-electron chi connectivity index (χ3n) is 2.83. The summed E-state index contributed by atoms with van der Waals surface area (Å²) in [7, 11) is -3.64. The van der Waals surface area contributed by atoms with Crippen molar-refractivity contribution in [3.8, 4) is 6.07 Å². The number of nitriles is 1. The summed E-state index contributed by atoms with van der Waals surface area (Å²) >= 11 is 5.84. The minimum absolute atomic E-state index is 0.0428. The van der Waals surface area contributed by atoms with E-state index in [1.165, 1.54) is 18.2 Å². The van der Waals surface area contributed by atoms with Gasteiger partial charge < -0.3 is 0 Å². The van der Waals surface area contributed by atoms with Gasteiger partial charge in [0.1, 0.15) is 6.07 Å². The maximum atomic E-state index is 12.1. The molecule has 0 spiro atoms. The number of nitrogens with zero attached hydrogens (tertiary/aromatic N) is 2. The Morgan fingerprint density at radius 2 is 1.95 bits per heavy atom. The molecule has 0 aliphatic carbocycles. The number of aromatic nitrogens is 1. The number of nitrogens with one attached hydrogen (secondary N) is 1. The van der Waals surface area contributed by atoms with Crippen LogP contribution in [0.1, 0.15) is 11.1 Å². The second-order valence-electron chi connectivity index (χ2n) is 4.26. The smallest absolute Gasteiger partial charge is 0.240 e. The van der Waals surface area contributed by atoms with Gasteiger partial charge >= 0.3 is 0 Å². The van der Waals surface area contributed by atoms with E-state index in [1.54, 1.807) is 12.4 Å². The summed E-state index contributed by atoms with van der Waals surface area (Å²) in [5.74, 6) is 0. The average molecular weight is 322 g/mol. The molecule has 0 radical (unpaired) electrons. The van der Waals surface area contributed by atoms with Crippen LogP contribution in [0.5, 0.6) is 0 Å². The van der Waals surface area contributed by atoms with E-state index in [4.69, 9.17) is 16.9 Å². The van der Waals surface area contributed by atoms with E-state index in [2.05, 4.69) is 9.71 Å². The van der Waals surface area contributed by atoms with Crippen molar-refractivity contribution in [2.75, 3.05) is 6.54 Å². The molecule has 1 aromatic heterocycles. The standard InChI is InChI=1S/C14H12ClN3O2S/c15-14-9-13(2-1-12(14)10-16)21(19,20)18-8-5-11-3-6-17-7-4-11/h1-4,6-7,9,18H,5,8H2. The number of benzene rings is 1. The van der Waals surface area contributed by atoms with Crippen molar-refractivity contribution in [2.45, 2.75) is 11.3 Å². The first-order valence-corrected chi connectivity index (χ1v) is 7.97. The number of sulfonamides is 1. The second kappa shape index (κ2) is 6.68. The molecule has 7 heteroatoms. The summed E-state index contributed by atoms with van der Waals surface area (Å²) in [5.41, 5.74) is 1.23. The summed E-state index contributed by atoms with van der Waals surface area (Å²) in [4.78, 5) is 3.94. The lowest BCUT2D eigenvalue weighted by atomic mass is 10.2. The van der Waals surface area contributed by atoms with Crippen LogP contribution in [0.15, 0.2) is 47.6 Å². The van der Waals surface area contributed by atoms with Gasteiger partial charge in [-0.1, -0.05) is 11.6 Å². The molecule has 0 unspecified atom stereocenters. The third-order valence-corrected chi connectivity index (χ3v) is 4.60. The molecule has 0 saturated heterocycles. The van der Waals surface area contributed by atoms with Crippen LogP contribution in [-0.2, 0) is 16.4 Å². The molecule has 2 aromatic rings. The van der Waals surface area contributed by atoms with Gasteiger partial charge in [0.15, 0.2) is 0 Å². The van der Waals surface area contributed by atoms with Gasteiger partial charge in [0.05, 0.1) is 15.5 Å². The van der Waals surface area contributed by atoms with Gasteiger partial charge in [0.25, 0.3) is 0 Å². The predicted molar refractivity (Wildman–Crippen MR) is 79.3 cm³/mol. The van der Waals surface area contributed by atoms with Crippen LogP contribution in [0.2, 0.25) is 5.02 Å². The zero-order chi connectivity index (χ0) is 15.3. The molecule has 0 bridgehead atoms. The van der Waals surface area contributed by atoms with Crippen molar-refractivity contribution in [3.05, 3.63) is 58.9 Å². The summed E-state index contributed by atoms with van der Waals surface area (Å²) in [6.07, 6.45) is 3.88. The minimum Gasteiger partial charge on any atom is -0.265 e. The fraction of sp³-hybridized carbons (Fsp3) is 0.143. The van der Waals surface area contributed by atoms with E-state index in [-0.39, 0.29) is 22.0 Å². The lowest BCUT2D eigenvalue weighted by molar-refractivity contribution is 0.581.